The first-order valence-electron chi connectivity index (χ1n) is 4.20. The Morgan fingerprint density at radius 3 is 1.80 bits per heavy atom. The number of thiol groups is 1. The molecule has 0 aromatic carbocycles. The molecule has 0 aliphatic heterocycles. The Bertz CT molecular complexity index is 273. The van der Waals surface area contributed by atoms with Crippen molar-refractivity contribution in [1.29, 1.82) is 0 Å². The van der Waals surface area contributed by atoms with Crippen LogP contribution in [0.3, 0.4) is 0 Å². The standard InChI is InChI=1S/C8H12O6S/c1-2-3-4(5(9)10)8(15,6(11)12)7(13)14/h4,15H,2-3H2,1H3,(H,9,10)(H,11,12)(H,13,14). The van der Waals surface area contributed by atoms with E-state index in [1.54, 1.807) is 6.92 Å². The van der Waals surface area contributed by atoms with Crippen molar-refractivity contribution >= 4 is 30.5 Å². The number of carboxylic acid groups (broad SMARTS) is 3. The molecule has 0 fully saturated rings. The van der Waals surface area contributed by atoms with Crippen LogP contribution in [0.4, 0.5) is 0 Å². The third-order valence-electron chi connectivity index (χ3n) is 2.03. The van der Waals surface area contributed by atoms with Gasteiger partial charge in [0.25, 0.3) is 0 Å². The first kappa shape index (κ1) is 13.8. The number of aliphatic carboxylic acids is 3. The van der Waals surface area contributed by atoms with Crippen molar-refractivity contribution in [3.8, 4) is 0 Å². The van der Waals surface area contributed by atoms with E-state index < -0.39 is 28.6 Å². The maximum Gasteiger partial charge on any atom is 0.332 e. The molecule has 0 saturated carbocycles. The molecule has 1 unspecified atom stereocenters. The number of carboxylic acids is 3. The summed E-state index contributed by atoms with van der Waals surface area (Å²) >= 11 is 3.50. The predicted molar refractivity (Wildman–Crippen MR) is 53.0 cm³/mol. The molecule has 0 amide bonds. The van der Waals surface area contributed by atoms with Crippen LogP contribution in [0.25, 0.3) is 0 Å². The van der Waals surface area contributed by atoms with Gasteiger partial charge in [-0.1, -0.05) is 13.3 Å². The molecule has 0 bridgehead atoms. The lowest BCUT2D eigenvalue weighted by Crippen LogP contribution is -2.51. The molecule has 0 aliphatic carbocycles. The summed E-state index contributed by atoms with van der Waals surface area (Å²) in [7, 11) is 0. The zero-order valence-electron chi connectivity index (χ0n) is 8.01. The van der Waals surface area contributed by atoms with E-state index in [2.05, 4.69) is 12.6 Å². The zero-order valence-corrected chi connectivity index (χ0v) is 8.90. The van der Waals surface area contributed by atoms with Gasteiger partial charge in [0, 0.05) is 0 Å². The Hall–Kier alpha value is -1.24. The van der Waals surface area contributed by atoms with Crippen LogP contribution in [-0.2, 0) is 14.4 Å². The van der Waals surface area contributed by atoms with E-state index in [4.69, 9.17) is 15.3 Å². The summed E-state index contributed by atoms with van der Waals surface area (Å²) in [5, 5.41) is 26.2. The Labute approximate surface area is 91.3 Å². The lowest BCUT2D eigenvalue weighted by atomic mass is 9.87. The van der Waals surface area contributed by atoms with Crippen molar-refractivity contribution < 1.29 is 29.7 Å². The average molecular weight is 236 g/mol. The predicted octanol–water partition coefficient (Wildman–Crippen LogP) is 0.325. The van der Waals surface area contributed by atoms with Gasteiger partial charge in [0.2, 0.25) is 4.75 Å². The van der Waals surface area contributed by atoms with E-state index in [9.17, 15) is 14.4 Å². The lowest BCUT2D eigenvalue weighted by molar-refractivity contribution is -0.161. The number of rotatable bonds is 6. The molecular formula is C8H12O6S. The minimum atomic E-state index is -2.58. The van der Waals surface area contributed by atoms with Crippen LogP contribution in [-0.4, -0.2) is 38.0 Å². The van der Waals surface area contributed by atoms with Gasteiger partial charge in [0.15, 0.2) is 0 Å². The second-order valence-corrected chi connectivity index (χ2v) is 3.76. The molecule has 0 radical (unpaired) electrons. The van der Waals surface area contributed by atoms with Crippen molar-refractivity contribution in [1.82, 2.24) is 0 Å². The summed E-state index contributed by atoms with van der Waals surface area (Å²) in [6.07, 6.45) is 0.303. The summed E-state index contributed by atoms with van der Waals surface area (Å²) in [6, 6.07) is 0. The normalized spacial score (nSPS) is 13.2. The summed E-state index contributed by atoms with van der Waals surface area (Å²) in [4.78, 5) is 32.3. The Kier molecular flexibility index (Phi) is 4.60. The molecule has 3 N–H and O–H groups in total. The summed E-state index contributed by atoms with van der Waals surface area (Å²) in [5.41, 5.74) is 0. The van der Waals surface area contributed by atoms with E-state index in [1.165, 1.54) is 0 Å². The fourth-order valence-corrected chi connectivity index (χ4v) is 1.43. The molecule has 15 heavy (non-hydrogen) atoms. The Morgan fingerprint density at radius 1 is 1.20 bits per heavy atom. The van der Waals surface area contributed by atoms with Gasteiger partial charge >= 0.3 is 17.9 Å². The molecule has 6 nitrogen and oxygen atoms in total. The van der Waals surface area contributed by atoms with Gasteiger partial charge < -0.3 is 15.3 Å². The largest absolute Gasteiger partial charge is 0.481 e. The highest BCUT2D eigenvalue weighted by molar-refractivity contribution is 7.83. The number of hydrogen-bond acceptors (Lipinski definition) is 4. The minimum absolute atomic E-state index is 0.0581. The molecule has 0 spiro atoms. The van der Waals surface area contributed by atoms with Crippen molar-refractivity contribution in [2.45, 2.75) is 24.5 Å². The van der Waals surface area contributed by atoms with Gasteiger partial charge in [-0.05, 0) is 6.42 Å². The second kappa shape index (κ2) is 5.01. The van der Waals surface area contributed by atoms with Crippen LogP contribution in [0.5, 0.6) is 0 Å². The minimum Gasteiger partial charge on any atom is -0.481 e. The van der Waals surface area contributed by atoms with Gasteiger partial charge in [-0.2, -0.15) is 0 Å². The highest BCUT2D eigenvalue weighted by atomic mass is 32.1. The number of hydrogen-bond donors (Lipinski definition) is 4. The fraction of sp³-hybridized carbons (Fsp3) is 0.625. The van der Waals surface area contributed by atoms with Gasteiger partial charge in [-0.3, -0.25) is 14.4 Å². The molecule has 0 rings (SSSR count). The molecular weight excluding hydrogens is 224 g/mol. The molecule has 0 aliphatic rings. The molecule has 0 saturated heterocycles. The first-order valence-corrected chi connectivity index (χ1v) is 4.65. The van der Waals surface area contributed by atoms with Gasteiger partial charge in [-0.15, -0.1) is 12.6 Å². The smallest absolute Gasteiger partial charge is 0.332 e. The molecule has 7 heteroatoms. The van der Waals surface area contributed by atoms with Crippen LogP contribution in [0.1, 0.15) is 19.8 Å². The van der Waals surface area contributed by atoms with Crippen LogP contribution in [0.2, 0.25) is 0 Å². The van der Waals surface area contributed by atoms with Gasteiger partial charge in [-0.25, -0.2) is 0 Å². The SMILES string of the molecule is CCCC(C(=O)O)C(S)(C(=O)O)C(=O)O. The number of carbonyl (C=O) groups is 3. The van der Waals surface area contributed by atoms with E-state index in [0.717, 1.165) is 0 Å². The van der Waals surface area contributed by atoms with Gasteiger partial charge in [0.1, 0.15) is 0 Å². The average Bonchev–Trinajstić information content (AvgIpc) is 2.11. The van der Waals surface area contributed by atoms with Crippen LogP contribution >= 0.6 is 12.6 Å². The zero-order chi connectivity index (χ0) is 12.2. The summed E-state index contributed by atoms with van der Waals surface area (Å²) in [6.45, 7) is 1.63. The van der Waals surface area contributed by atoms with Crippen LogP contribution in [0.15, 0.2) is 0 Å². The van der Waals surface area contributed by atoms with E-state index in [1.807, 2.05) is 0 Å². The third-order valence-corrected chi connectivity index (χ3v) is 2.73. The van der Waals surface area contributed by atoms with Crippen molar-refractivity contribution in [3.63, 3.8) is 0 Å². The topological polar surface area (TPSA) is 112 Å². The maximum atomic E-state index is 10.8. The fourth-order valence-electron chi connectivity index (χ4n) is 1.19. The Balaban J connectivity index is 5.28. The molecule has 86 valence electrons. The molecule has 1 atom stereocenters. The van der Waals surface area contributed by atoms with Gasteiger partial charge in [0.05, 0.1) is 5.92 Å². The summed E-state index contributed by atoms with van der Waals surface area (Å²) in [5.74, 6) is -6.56. The van der Waals surface area contributed by atoms with E-state index in [-0.39, 0.29) is 6.42 Å². The van der Waals surface area contributed by atoms with Crippen molar-refractivity contribution in [3.05, 3.63) is 0 Å². The quantitative estimate of drug-likeness (QED) is 0.390. The maximum absolute atomic E-state index is 10.8. The van der Waals surface area contributed by atoms with E-state index >= 15 is 0 Å². The molecule has 0 heterocycles. The third kappa shape index (κ3) is 2.62. The summed E-state index contributed by atoms with van der Waals surface area (Å²) < 4.78 is -2.58. The first-order chi connectivity index (χ1) is 6.78. The molecule has 0 aromatic heterocycles. The molecule has 0 aromatic rings. The van der Waals surface area contributed by atoms with Crippen molar-refractivity contribution in [2.24, 2.45) is 5.92 Å². The monoisotopic (exact) mass is 236 g/mol. The van der Waals surface area contributed by atoms with Crippen LogP contribution in [0, 0.1) is 5.92 Å². The lowest BCUT2D eigenvalue weighted by Gasteiger charge is -2.25. The second-order valence-electron chi connectivity index (χ2n) is 3.06. The highest BCUT2D eigenvalue weighted by Crippen LogP contribution is 2.30. The van der Waals surface area contributed by atoms with Crippen molar-refractivity contribution in [2.75, 3.05) is 0 Å². The Morgan fingerprint density at radius 2 is 1.60 bits per heavy atom. The van der Waals surface area contributed by atoms with E-state index in [0.29, 0.717) is 6.42 Å². The van der Waals surface area contributed by atoms with Crippen LogP contribution < -0.4 is 0 Å². The highest BCUT2D eigenvalue weighted by Gasteiger charge is 2.53.